The van der Waals surface area contributed by atoms with Crippen LogP contribution < -0.4 is 10.9 Å². The maximum absolute atomic E-state index is 12.2. The summed E-state index contributed by atoms with van der Waals surface area (Å²) in [6.45, 7) is 8.49. The van der Waals surface area contributed by atoms with E-state index in [1.807, 2.05) is 31.2 Å². The Morgan fingerprint density at radius 1 is 0.966 bits per heavy atom. The number of amides is 2. The van der Waals surface area contributed by atoms with Gasteiger partial charge in [-0.3, -0.25) is 25.3 Å². The molecule has 0 saturated carbocycles. The number of benzene rings is 1. The molecule has 2 N–H and O–H groups in total. The van der Waals surface area contributed by atoms with Gasteiger partial charge in [-0.2, -0.15) is 0 Å². The molecule has 0 aliphatic carbocycles. The van der Waals surface area contributed by atoms with E-state index in [-0.39, 0.29) is 11.5 Å². The van der Waals surface area contributed by atoms with Crippen LogP contribution in [0, 0.1) is 6.92 Å². The second-order valence-corrected chi connectivity index (χ2v) is 6.58. The van der Waals surface area contributed by atoms with E-state index in [1.54, 1.807) is 12.1 Å². The molecule has 8 nitrogen and oxygen atoms in total. The zero-order valence-electron chi connectivity index (χ0n) is 16.7. The molecule has 29 heavy (non-hydrogen) atoms. The summed E-state index contributed by atoms with van der Waals surface area (Å²) in [5, 5.41) is 3.90. The van der Waals surface area contributed by atoms with E-state index in [1.165, 1.54) is 6.07 Å². The van der Waals surface area contributed by atoms with E-state index in [4.69, 9.17) is 8.94 Å². The number of carbonyl (C=O) groups excluding carboxylic acids is 2. The SMILES string of the molecule is CCN(CC)Cc1ccc(C(=O)NNC(=O)c2cc(-c3ccc(C)cc3)no2)o1. The van der Waals surface area contributed by atoms with Gasteiger partial charge in [0.25, 0.3) is 0 Å². The van der Waals surface area contributed by atoms with E-state index in [0.717, 1.165) is 24.2 Å². The van der Waals surface area contributed by atoms with Crippen LogP contribution in [0.3, 0.4) is 0 Å². The Hall–Kier alpha value is -3.39. The van der Waals surface area contributed by atoms with Crippen molar-refractivity contribution in [1.29, 1.82) is 0 Å². The lowest BCUT2D eigenvalue weighted by Crippen LogP contribution is -2.41. The normalized spacial score (nSPS) is 10.9. The minimum absolute atomic E-state index is 0.0115. The first kappa shape index (κ1) is 20.3. The van der Waals surface area contributed by atoms with Crippen molar-refractivity contribution in [3.05, 3.63) is 65.3 Å². The molecule has 0 atom stereocenters. The highest BCUT2D eigenvalue weighted by Crippen LogP contribution is 2.19. The molecule has 0 radical (unpaired) electrons. The van der Waals surface area contributed by atoms with Crippen molar-refractivity contribution < 1.29 is 18.5 Å². The fraction of sp³-hybridized carbons (Fsp3) is 0.286. The van der Waals surface area contributed by atoms with Gasteiger partial charge in [0, 0.05) is 11.6 Å². The highest BCUT2D eigenvalue weighted by Gasteiger charge is 2.17. The van der Waals surface area contributed by atoms with Crippen LogP contribution in [0.15, 0.2) is 51.4 Å². The van der Waals surface area contributed by atoms with Crippen molar-refractivity contribution in [3.8, 4) is 11.3 Å². The Morgan fingerprint density at radius 2 is 1.62 bits per heavy atom. The first-order valence-electron chi connectivity index (χ1n) is 9.45. The molecule has 2 amide bonds. The van der Waals surface area contributed by atoms with Gasteiger partial charge in [-0.25, -0.2) is 0 Å². The standard InChI is InChI=1S/C21H24N4O4/c1-4-25(5-2)13-16-10-11-18(28-16)20(26)22-23-21(27)19-12-17(24-29-19)15-8-6-14(3)7-9-15/h6-12H,4-5,13H2,1-3H3,(H,22,26)(H,23,27). The van der Waals surface area contributed by atoms with Crippen LogP contribution in [0.5, 0.6) is 0 Å². The molecule has 152 valence electrons. The topological polar surface area (TPSA) is 101 Å². The van der Waals surface area contributed by atoms with Gasteiger partial charge in [0.1, 0.15) is 11.5 Å². The van der Waals surface area contributed by atoms with Gasteiger partial charge in [0.2, 0.25) is 5.76 Å². The van der Waals surface area contributed by atoms with Crippen LogP contribution in [0.4, 0.5) is 0 Å². The number of carbonyl (C=O) groups is 2. The van der Waals surface area contributed by atoms with Crippen molar-refractivity contribution in [2.75, 3.05) is 13.1 Å². The maximum atomic E-state index is 12.2. The lowest BCUT2D eigenvalue weighted by molar-refractivity contribution is 0.0810. The molecule has 0 fully saturated rings. The van der Waals surface area contributed by atoms with Gasteiger partial charge >= 0.3 is 11.8 Å². The Kier molecular flexibility index (Phi) is 6.46. The smallest absolute Gasteiger partial charge is 0.308 e. The molecule has 1 aromatic carbocycles. The number of aryl methyl sites for hydroxylation is 1. The monoisotopic (exact) mass is 396 g/mol. The number of furan rings is 1. The number of nitrogens with one attached hydrogen (secondary N) is 2. The molecular weight excluding hydrogens is 372 g/mol. The van der Waals surface area contributed by atoms with Gasteiger partial charge in [-0.15, -0.1) is 0 Å². The third kappa shape index (κ3) is 5.11. The molecule has 0 unspecified atom stereocenters. The quantitative estimate of drug-likeness (QED) is 0.595. The molecule has 0 saturated heterocycles. The summed E-state index contributed by atoms with van der Waals surface area (Å²) in [4.78, 5) is 26.6. The predicted molar refractivity (Wildman–Crippen MR) is 107 cm³/mol. The van der Waals surface area contributed by atoms with Crippen molar-refractivity contribution in [2.45, 2.75) is 27.3 Å². The molecule has 2 heterocycles. The van der Waals surface area contributed by atoms with Crippen molar-refractivity contribution in [1.82, 2.24) is 20.9 Å². The van der Waals surface area contributed by atoms with E-state index >= 15 is 0 Å². The number of hydrazine groups is 1. The van der Waals surface area contributed by atoms with Crippen LogP contribution in [0.2, 0.25) is 0 Å². The molecule has 0 aliphatic rings. The second kappa shape index (κ2) is 9.20. The molecule has 8 heteroatoms. The summed E-state index contributed by atoms with van der Waals surface area (Å²) in [5.74, 6) is -0.377. The lowest BCUT2D eigenvalue weighted by atomic mass is 10.1. The minimum Gasteiger partial charge on any atom is -0.454 e. The molecule has 0 bridgehead atoms. The van der Waals surface area contributed by atoms with Crippen LogP contribution in [-0.2, 0) is 6.54 Å². The van der Waals surface area contributed by atoms with E-state index < -0.39 is 11.8 Å². The molecule has 2 aromatic heterocycles. The first-order chi connectivity index (χ1) is 14.0. The highest BCUT2D eigenvalue weighted by atomic mass is 16.5. The van der Waals surface area contributed by atoms with Crippen LogP contribution in [0.25, 0.3) is 11.3 Å². The first-order valence-corrected chi connectivity index (χ1v) is 9.45. The molecule has 3 rings (SSSR count). The second-order valence-electron chi connectivity index (χ2n) is 6.58. The summed E-state index contributed by atoms with van der Waals surface area (Å²) in [5.41, 5.74) is 7.10. The average Bonchev–Trinajstić information content (AvgIpc) is 3.40. The summed E-state index contributed by atoms with van der Waals surface area (Å²) < 4.78 is 10.6. The number of hydrogen-bond acceptors (Lipinski definition) is 6. The molecular formula is C21H24N4O4. The third-order valence-corrected chi connectivity index (χ3v) is 4.53. The maximum Gasteiger partial charge on any atom is 0.308 e. The van der Waals surface area contributed by atoms with Crippen LogP contribution in [0.1, 0.15) is 46.3 Å². The lowest BCUT2D eigenvalue weighted by Gasteiger charge is -2.15. The summed E-state index contributed by atoms with van der Waals surface area (Å²) >= 11 is 0. The number of rotatable bonds is 7. The van der Waals surface area contributed by atoms with E-state index in [2.05, 4.69) is 34.8 Å². The Morgan fingerprint density at radius 3 is 2.28 bits per heavy atom. The number of nitrogens with zero attached hydrogens (tertiary/aromatic N) is 2. The van der Waals surface area contributed by atoms with Gasteiger partial charge in [0.15, 0.2) is 5.76 Å². The summed E-state index contributed by atoms with van der Waals surface area (Å²) in [6, 6.07) is 12.5. The van der Waals surface area contributed by atoms with Crippen molar-refractivity contribution in [3.63, 3.8) is 0 Å². The van der Waals surface area contributed by atoms with Gasteiger partial charge < -0.3 is 8.94 Å². The third-order valence-electron chi connectivity index (χ3n) is 4.53. The van der Waals surface area contributed by atoms with Crippen LogP contribution >= 0.6 is 0 Å². The predicted octanol–water partition coefficient (Wildman–Crippen LogP) is 3.16. The van der Waals surface area contributed by atoms with E-state index in [0.29, 0.717) is 18.0 Å². The Bertz CT molecular complexity index is 971. The Balaban J connectivity index is 1.56. The fourth-order valence-corrected chi connectivity index (χ4v) is 2.73. The minimum atomic E-state index is -0.612. The summed E-state index contributed by atoms with van der Waals surface area (Å²) in [6.07, 6.45) is 0. The van der Waals surface area contributed by atoms with E-state index in [9.17, 15) is 9.59 Å². The van der Waals surface area contributed by atoms with Gasteiger partial charge in [0.05, 0.1) is 6.54 Å². The largest absolute Gasteiger partial charge is 0.454 e. The molecule has 0 aliphatic heterocycles. The number of aromatic nitrogens is 1. The fourth-order valence-electron chi connectivity index (χ4n) is 2.73. The molecule has 0 spiro atoms. The van der Waals surface area contributed by atoms with Crippen molar-refractivity contribution >= 4 is 11.8 Å². The van der Waals surface area contributed by atoms with Crippen LogP contribution in [-0.4, -0.2) is 35.0 Å². The zero-order chi connectivity index (χ0) is 20.8. The Labute approximate surface area is 168 Å². The molecule has 3 aromatic rings. The van der Waals surface area contributed by atoms with Gasteiger partial charge in [-0.1, -0.05) is 48.8 Å². The highest BCUT2D eigenvalue weighted by molar-refractivity contribution is 5.96. The zero-order valence-corrected chi connectivity index (χ0v) is 16.7. The van der Waals surface area contributed by atoms with Gasteiger partial charge in [-0.05, 0) is 32.1 Å². The average molecular weight is 396 g/mol. The summed E-state index contributed by atoms with van der Waals surface area (Å²) in [7, 11) is 0. The van der Waals surface area contributed by atoms with Crippen molar-refractivity contribution in [2.24, 2.45) is 0 Å². The number of hydrogen-bond donors (Lipinski definition) is 2.